The Morgan fingerprint density at radius 1 is 1.11 bits per heavy atom. The number of hydrogen-bond donors (Lipinski definition) is 1. The van der Waals surface area contributed by atoms with Gasteiger partial charge in [-0.25, -0.2) is 18.1 Å². The number of halogens is 1. The fourth-order valence-corrected chi connectivity index (χ4v) is 6.45. The molecule has 1 fully saturated rings. The number of amides is 1. The molecule has 0 saturated heterocycles. The third kappa shape index (κ3) is 6.35. The first kappa shape index (κ1) is 28.0. The Hall–Kier alpha value is -2.97. The average Bonchev–Trinajstić information content (AvgIpc) is 3.21. The average molecular weight is 556 g/mol. The number of aromatic nitrogens is 2. The number of imidazole rings is 1. The van der Waals surface area contributed by atoms with E-state index in [2.05, 4.69) is 16.6 Å². The molecule has 0 radical (unpaired) electrons. The van der Waals surface area contributed by atoms with E-state index in [-0.39, 0.29) is 16.0 Å². The van der Waals surface area contributed by atoms with Crippen molar-refractivity contribution in [2.45, 2.75) is 76.2 Å². The molecule has 1 aliphatic rings. The smallest absolute Gasteiger partial charge is 0.264 e. The largest absolute Gasteiger partial charge is 0.320 e. The Balaban J connectivity index is 1.51. The summed E-state index contributed by atoms with van der Waals surface area (Å²) in [6, 6.07) is 14.5. The summed E-state index contributed by atoms with van der Waals surface area (Å²) in [5, 5.41) is 0.222. The van der Waals surface area contributed by atoms with Gasteiger partial charge in [0.15, 0.2) is 11.4 Å². The summed E-state index contributed by atoms with van der Waals surface area (Å²) in [4.78, 5) is 29.3. The lowest BCUT2D eigenvalue weighted by atomic mass is 9.75. The highest BCUT2D eigenvalue weighted by Gasteiger charge is 2.34. The van der Waals surface area contributed by atoms with E-state index in [0.29, 0.717) is 18.7 Å². The van der Waals surface area contributed by atoms with Crippen molar-refractivity contribution in [2.24, 2.45) is 5.92 Å². The van der Waals surface area contributed by atoms with Crippen molar-refractivity contribution in [3.8, 4) is 0 Å². The molecule has 9 heteroatoms. The molecular formula is C29H34ClN3O4S. The molecule has 38 heavy (non-hydrogen) atoms. The monoisotopic (exact) mass is 555 g/mol. The van der Waals surface area contributed by atoms with Gasteiger partial charge in [-0.15, -0.1) is 0 Å². The zero-order valence-corrected chi connectivity index (χ0v) is 23.4. The van der Waals surface area contributed by atoms with E-state index in [1.165, 1.54) is 12.1 Å². The Kier molecular flexibility index (Phi) is 9.05. The molecule has 0 spiro atoms. The van der Waals surface area contributed by atoms with Crippen molar-refractivity contribution in [1.29, 1.82) is 0 Å². The van der Waals surface area contributed by atoms with Gasteiger partial charge in [0.25, 0.3) is 10.0 Å². The summed E-state index contributed by atoms with van der Waals surface area (Å²) < 4.78 is 29.9. The zero-order valence-electron chi connectivity index (χ0n) is 21.8. The molecule has 7 nitrogen and oxygen atoms in total. The molecule has 0 aliphatic heterocycles. The number of nitrogens with one attached hydrogen (secondary N) is 1. The molecule has 3 aromatic rings. The van der Waals surface area contributed by atoms with Gasteiger partial charge in [-0.1, -0.05) is 79.7 Å². The van der Waals surface area contributed by atoms with Gasteiger partial charge >= 0.3 is 0 Å². The van der Waals surface area contributed by atoms with E-state index in [9.17, 15) is 18.0 Å². The lowest BCUT2D eigenvalue weighted by molar-refractivity contribution is -0.124. The molecule has 202 valence electrons. The van der Waals surface area contributed by atoms with E-state index >= 15 is 0 Å². The van der Waals surface area contributed by atoms with Gasteiger partial charge in [-0.3, -0.25) is 9.59 Å². The number of aryl methyl sites for hydroxylation is 2. The van der Waals surface area contributed by atoms with E-state index in [1.807, 2.05) is 35.8 Å². The summed E-state index contributed by atoms with van der Waals surface area (Å²) in [6.45, 7) is 4.45. The quantitative estimate of drug-likeness (QED) is 0.317. The molecule has 1 heterocycles. The third-order valence-electron chi connectivity index (χ3n) is 7.32. The summed E-state index contributed by atoms with van der Waals surface area (Å²) in [7, 11) is -3.94. The lowest BCUT2D eigenvalue weighted by Crippen LogP contribution is -2.39. The van der Waals surface area contributed by atoms with Crippen LogP contribution in [0.25, 0.3) is 0 Å². The second kappa shape index (κ2) is 12.3. The predicted octanol–water partition coefficient (Wildman–Crippen LogP) is 5.83. The molecule has 1 saturated carbocycles. The molecule has 2 atom stereocenters. The van der Waals surface area contributed by atoms with E-state index in [1.54, 1.807) is 12.1 Å². The van der Waals surface area contributed by atoms with Crippen LogP contribution in [0.1, 0.15) is 84.4 Å². The Bertz CT molecular complexity index is 1380. The van der Waals surface area contributed by atoms with Crippen molar-refractivity contribution < 1.29 is 18.0 Å². The van der Waals surface area contributed by atoms with Gasteiger partial charge in [-0.2, -0.15) is 0 Å². The predicted molar refractivity (Wildman–Crippen MR) is 148 cm³/mol. The van der Waals surface area contributed by atoms with Crippen LogP contribution in [0.3, 0.4) is 0 Å². The second-order valence-corrected chi connectivity index (χ2v) is 12.1. The highest BCUT2D eigenvalue weighted by atomic mass is 35.5. The maximum Gasteiger partial charge on any atom is 0.264 e. The number of hydrogen-bond acceptors (Lipinski definition) is 5. The normalized spacial score (nSPS) is 17.8. The van der Waals surface area contributed by atoms with Crippen LogP contribution in [0.2, 0.25) is 5.15 Å². The molecule has 1 aromatic heterocycles. The number of unbranched alkanes of at least 4 members (excludes halogenated alkanes) is 1. The van der Waals surface area contributed by atoms with Crippen molar-refractivity contribution in [3.63, 3.8) is 0 Å². The van der Waals surface area contributed by atoms with Crippen LogP contribution in [-0.4, -0.2) is 30.2 Å². The molecule has 2 aromatic carbocycles. The molecule has 2 unspecified atom stereocenters. The summed E-state index contributed by atoms with van der Waals surface area (Å²) >= 11 is 6.22. The topological polar surface area (TPSA) is 98.1 Å². The maximum atomic E-state index is 13.2. The Morgan fingerprint density at radius 3 is 2.45 bits per heavy atom. The minimum Gasteiger partial charge on any atom is -0.320 e. The van der Waals surface area contributed by atoms with Crippen LogP contribution >= 0.6 is 11.6 Å². The molecule has 1 amide bonds. The van der Waals surface area contributed by atoms with Crippen molar-refractivity contribution >= 4 is 33.8 Å². The van der Waals surface area contributed by atoms with E-state index < -0.39 is 21.8 Å². The van der Waals surface area contributed by atoms with Crippen molar-refractivity contribution in [2.75, 3.05) is 0 Å². The van der Waals surface area contributed by atoms with Gasteiger partial charge in [0.2, 0.25) is 5.91 Å². The van der Waals surface area contributed by atoms with Gasteiger partial charge in [0.05, 0.1) is 4.90 Å². The number of sulfonamides is 1. The van der Waals surface area contributed by atoms with Gasteiger partial charge in [0, 0.05) is 18.9 Å². The summed E-state index contributed by atoms with van der Waals surface area (Å²) in [5.74, 6) is -0.158. The van der Waals surface area contributed by atoms with Gasteiger partial charge in [-0.05, 0) is 55.4 Å². The number of carbonyl (C=O) groups excluding carboxylic acids is 2. The second-order valence-electron chi connectivity index (χ2n) is 10.0. The number of carbonyl (C=O) groups is 2. The molecule has 4 rings (SSSR count). The summed E-state index contributed by atoms with van der Waals surface area (Å²) in [5.41, 5.74) is 3.32. The first-order chi connectivity index (χ1) is 18.2. The first-order valence-corrected chi connectivity index (χ1v) is 15.0. The fourth-order valence-electron chi connectivity index (χ4n) is 5.18. The van der Waals surface area contributed by atoms with Gasteiger partial charge < -0.3 is 4.57 Å². The highest BCUT2D eigenvalue weighted by molar-refractivity contribution is 7.90. The van der Waals surface area contributed by atoms with Crippen LogP contribution in [0.15, 0.2) is 53.4 Å². The van der Waals surface area contributed by atoms with Gasteiger partial charge in [0.1, 0.15) is 11.5 Å². The molecule has 0 bridgehead atoms. The highest BCUT2D eigenvalue weighted by Crippen LogP contribution is 2.38. The fraction of sp³-hybridized carbons (Fsp3) is 0.414. The first-order valence-electron chi connectivity index (χ1n) is 13.2. The van der Waals surface area contributed by atoms with Crippen LogP contribution < -0.4 is 4.72 Å². The zero-order chi connectivity index (χ0) is 27.3. The van der Waals surface area contributed by atoms with Crippen LogP contribution in [-0.2, 0) is 27.8 Å². The van der Waals surface area contributed by atoms with E-state index in [4.69, 9.17) is 11.6 Å². The number of benzene rings is 2. The summed E-state index contributed by atoms with van der Waals surface area (Å²) in [6.07, 6.45) is 6.77. The standard InChI is InChI=1S/C29H34ClN3O4S/c1-3-4-9-27-31-28(30)26(19-34)33(27)18-21-12-14-22(15-13-21)24-7-5-6-8-25(24)29(35)32-38(36,37)23-16-10-20(2)11-17-23/h10-17,19,24-25H,3-9,18H2,1-2H3,(H,32,35). The molecule has 1 N–H and O–H groups in total. The number of aldehydes is 1. The van der Waals surface area contributed by atoms with Crippen LogP contribution in [0.4, 0.5) is 0 Å². The van der Waals surface area contributed by atoms with Crippen LogP contribution in [0, 0.1) is 12.8 Å². The SMILES string of the molecule is CCCCc1nc(Cl)c(C=O)n1Cc1ccc(C2CCCCC2C(=O)NS(=O)(=O)c2ccc(C)cc2)cc1. The minimum atomic E-state index is -3.94. The number of rotatable bonds is 10. The maximum absolute atomic E-state index is 13.2. The Morgan fingerprint density at radius 2 is 1.79 bits per heavy atom. The van der Waals surface area contributed by atoms with Crippen LogP contribution in [0.5, 0.6) is 0 Å². The minimum absolute atomic E-state index is 0.0700. The van der Waals surface area contributed by atoms with Crippen molar-refractivity contribution in [1.82, 2.24) is 14.3 Å². The molecular weight excluding hydrogens is 522 g/mol. The Labute approximate surface area is 229 Å². The molecule has 1 aliphatic carbocycles. The third-order valence-corrected chi connectivity index (χ3v) is 8.96. The van der Waals surface area contributed by atoms with E-state index in [0.717, 1.165) is 67.3 Å². The number of nitrogens with zero attached hydrogens (tertiary/aromatic N) is 2. The lowest BCUT2D eigenvalue weighted by Gasteiger charge is -2.31. The van der Waals surface area contributed by atoms with Crippen molar-refractivity contribution in [3.05, 3.63) is 81.9 Å².